The first-order valence-electron chi connectivity index (χ1n) is 5.97. The molecular weight excluding hydrogens is 236 g/mol. The predicted molar refractivity (Wildman–Crippen MR) is 65.4 cm³/mol. The molecule has 1 aromatic rings. The quantitative estimate of drug-likeness (QED) is 0.649. The average molecular weight is 254 g/mol. The van der Waals surface area contributed by atoms with E-state index in [0.29, 0.717) is 12.3 Å². The molecule has 1 aromatic heterocycles. The molecular formula is C12H18N2O4. The van der Waals surface area contributed by atoms with Crippen molar-refractivity contribution in [2.45, 2.75) is 32.7 Å². The first-order chi connectivity index (χ1) is 8.63. The van der Waals surface area contributed by atoms with Crippen molar-refractivity contribution in [3.05, 3.63) is 23.7 Å². The lowest BCUT2D eigenvalue weighted by Gasteiger charge is -2.05. The molecule has 3 N–H and O–H groups in total. The highest BCUT2D eigenvalue weighted by Crippen LogP contribution is 2.07. The van der Waals surface area contributed by atoms with E-state index in [2.05, 4.69) is 17.6 Å². The number of carboxylic acid groups (broad SMARTS) is 1. The van der Waals surface area contributed by atoms with Gasteiger partial charge in [0.25, 0.3) is 0 Å². The molecule has 0 aromatic carbocycles. The van der Waals surface area contributed by atoms with Crippen LogP contribution in [0.4, 0.5) is 4.79 Å². The summed E-state index contributed by atoms with van der Waals surface area (Å²) in [6, 6.07) is 2.61. The lowest BCUT2D eigenvalue weighted by atomic mass is 10.2. The van der Waals surface area contributed by atoms with E-state index in [1.807, 2.05) is 0 Å². The van der Waals surface area contributed by atoms with Gasteiger partial charge in [-0.15, -0.1) is 0 Å². The van der Waals surface area contributed by atoms with E-state index in [1.54, 1.807) is 0 Å². The van der Waals surface area contributed by atoms with Gasteiger partial charge < -0.3 is 20.2 Å². The molecule has 0 saturated carbocycles. The largest absolute Gasteiger partial charge is 0.475 e. The zero-order valence-electron chi connectivity index (χ0n) is 10.4. The maximum absolute atomic E-state index is 11.3. The normalized spacial score (nSPS) is 10.1. The number of carboxylic acids is 1. The number of urea groups is 1. The van der Waals surface area contributed by atoms with E-state index < -0.39 is 5.97 Å². The molecule has 100 valence electrons. The summed E-state index contributed by atoms with van der Waals surface area (Å²) in [5, 5.41) is 13.9. The third kappa shape index (κ3) is 4.90. The summed E-state index contributed by atoms with van der Waals surface area (Å²) >= 11 is 0. The Morgan fingerprint density at radius 2 is 2.06 bits per heavy atom. The fourth-order valence-electron chi connectivity index (χ4n) is 1.39. The molecule has 0 unspecified atom stereocenters. The Morgan fingerprint density at radius 3 is 2.67 bits per heavy atom. The number of carbonyl (C=O) groups is 2. The highest BCUT2D eigenvalue weighted by atomic mass is 16.4. The minimum atomic E-state index is -1.12. The topological polar surface area (TPSA) is 91.6 Å². The summed E-state index contributed by atoms with van der Waals surface area (Å²) in [5.74, 6) is -0.837. The van der Waals surface area contributed by atoms with Crippen LogP contribution < -0.4 is 10.6 Å². The number of amides is 2. The molecule has 1 rings (SSSR count). The Labute approximate surface area is 105 Å². The highest BCUT2D eigenvalue weighted by molar-refractivity contribution is 5.84. The van der Waals surface area contributed by atoms with Crippen molar-refractivity contribution < 1.29 is 19.1 Å². The van der Waals surface area contributed by atoms with Crippen molar-refractivity contribution in [2.75, 3.05) is 6.54 Å². The summed E-state index contributed by atoms with van der Waals surface area (Å²) < 4.78 is 5.00. The van der Waals surface area contributed by atoms with Crippen LogP contribution in [0.3, 0.4) is 0 Å². The second kappa shape index (κ2) is 7.37. The third-order valence-electron chi connectivity index (χ3n) is 2.36. The van der Waals surface area contributed by atoms with Gasteiger partial charge in [0, 0.05) is 6.54 Å². The van der Waals surface area contributed by atoms with Gasteiger partial charge in [0.1, 0.15) is 5.76 Å². The van der Waals surface area contributed by atoms with Crippen molar-refractivity contribution in [3.8, 4) is 0 Å². The summed E-state index contributed by atoms with van der Waals surface area (Å²) in [6.45, 7) is 2.90. The molecule has 2 amide bonds. The molecule has 6 heteroatoms. The van der Waals surface area contributed by atoms with Crippen LogP contribution in [0.1, 0.15) is 42.5 Å². The average Bonchev–Trinajstić information content (AvgIpc) is 2.81. The molecule has 0 radical (unpaired) electrons. The molecule has 0 spiro atoms. The van der Waals surface area contributed by atoms with Crippen molar-refractivity contribution in [3.63, 3.8) is 0 Å². The predicted octanol–water partition coefficient (Wildman–Crippen LogP) is 1.97. The van der Waals surface area contributed by atoms with Gasteiger partial charge in [-0.1, -0.05) is 19.8 Å². The second-order valence-corrected chi connectivity index (χ2v) is 3.89. The first-order valence-corrected chi connectivity index (χ1v) is 5.97. The van der Waals surface area contributed by atoms with Crippen molar-refractivity contribution in [2.24, 2.45) is 0 Å². The van der Waals surface area contributed by atoms with Crippen LogP contribution in [0, 0.1) is 0 Å². The Hall–Kier alpha value is -1.98. The Morgan fingerprint density at radius 1 is 1.28 bits per heavy atom. The van der Waals surface area contributed by atoms with Crippen molar-refractivity contribution in [1.82, 2.24) is 10.6 Å². The number of nitrogens with one attached hydrogen (secondary N) is 2. The van der Waals surface area contributed by atoms with Crippen molar-refractivity contribution in [1.29, 1.82) is 0 Å². The van der Waals surface area contributed by atoms with Gasteiger partial charge in [-0.05, 0) is 18.6 Å². The van der Waals surface area contributed by atoms with Crippen LogP contribution in [0.5, 0.6) is 0 Å². The summed E-state index contributed by atoms with van der Waals surface area (Å²) in [4.78, 5) is 21.9. The van der Waals surface area contributed by atoms with Crippen LogP contribution in [-0.4, -0.2) is 23.7 Å². The fraction of sp³-hybridized carbons (Fsp3) is 0.500. The number of unbranched alkanes of at least 4 members (excludes halogenated alkanes) is 2. The SMILES string of the molecule is CCCCCNC(=O)NCc1ccc(C(=O)O)o1. The van der Waals surface area contributed by atoms with Crippen molar-refractivity contribution >= 4 is 12.0 Å². The van der Waals surface area contributed by atoms with Gasteiger partial charge in [-0.25, -0.2) is 9.59 Å². The number of hydrogen-bond donors (Lipinski definition) is 3. The molecule has 0 atom stereocenters. The summed E-state index contributed by atoms with van der Waals surface area (Å²) in [7, 11) is 0. The number of carbonyl (C=O) groups excluding carboxylic acids is 1. The monoisotopic (exact) mass is 254 g/mol. The van der Waals surface area contributed by atoms with Gasteiger partial charge in [-0.3, -0.25) is 0 Å². The standard InChI is InChI=1S/C12H18N2O4/c1-2-3-4-7-13-12(17)14-8-9-5-6-10(18-9)11(15)16/h5-6H,2-4,7-8H2,1H3,(H,15,16)(H2,13,14,17). The van der Waals surface area contributed by atoms with Gasteiger partial charge in [0.05, 0.1) is 6.54 Å². The van der Waals surface area contributed by atoms with E-state index in [1.165, 1.54) is 12.1 Å². The molecule has 1 heterocycles. The Kier molecular flexibility index (Phi) is 5.76. The number of aromatic carboxylic acids is 1. The second-order valence-electron chi connectivity index (χ2n) is 3.89. The van der Waals surface area contributed by atoms with E-state index in [9.17, 15) is 9.59 Å². The molecule has 0 aliphatic carbocycles. The highest BCUT2D eigenvalue weighted by Gasteiger charge is 2.09. The van der Waals surface area contributed by atoms with E-state index in [0.717, 1.165) is 19.3 Å². The zero-order chi connectivity index (χ0) is 13.4. The van der Waals surface area contributed by atoms with E-state index in [4.69, 9.17) is 9.52 Å². The first kappa shape index (κ1) is 14.1. The van der Waals surface area contributed by atoms with Gasteiger partial charge >= 0.3 is 12.0 Å². The van der Waals surface area contributed by atoms with Crippen LogP contribution in [-0.2, 0) is 6.54 Å². The Bertz CT molecular complexity index is 401. The molecule has 6 nitrogen and oxygen atoms in total. The molecule has 0 aliphatic rings. The van der Waals surface area contributed by atoms with E-state index in [-0.39, 0.29) is 18.3 Å². The van der Waals surface area contributed by atoms with Gasteiger partial charge in [0.2, 0.25) is 5.76 Å². The Balaban J connectivity index is 2.23. The lowest BCUT2D eigenvalue weighted by Crippen LogP contribution is -2.35. The third-order valence-corrected chi connectivity index (χ3v) is 2.36. The van der Waals surface area contributed by atoms with Crippen LogP contribution >= 0.6 is 0 Å². The van der Waals surface area contributed by atoms with Crippen LogP contribution in [0.25, 0.3) is 0 Å². The minimum absolute atomic E-state index is 0.129. The zero-order valence-corrected chi connectivity index (χ0v) is 10.4. The summed E-state index contributed by atoms with van der Waals surface area (Å²) in [6.07, 6.45) is 3.14. The fourth-order valence-corrected chi connectivity index (χ4v) is 1.39. The molecule has 0 bridgehead atoms. The maximum atomic E-state index is 11.3. The van der Waals surface area contributed by atoms with Crippen LogP contribution in [0.2, 0.25) is 0 Å². The van der Waals surface area contributed by atoms with Gasteiger partial charge in [0.15, 0.2) is 0 Å². The van der Waals surface area contributed by atoms with Crippen LogP contribution in [0.15, 0.2) is 16.5 Å². The van der Waals surface area contributed by atoms with E-state index >= 15 is 0 Å². The lowest BCUT2D eigenvalue weighted by molar-refractivity contribution is 0.0660. The minimum Gasteiger partial charge on any atom is -0.475 e. The molecule has 18 heavy (non-hydrogen) atoms. The molecule has 0 saturated heterocycles. The van der Waals surface area contributed by atoms with Gasteiger partial charge in [-0.2, -0.15) is 0 Å². The maximum Gasteiger partial charge on any atom is 0.371 e. The summed E-state index contributed by atoms with van der Waals surface area (Å²) in [5.41, 5.74) is 0. The molecule has 0 fully saturated rings. The number of furan rings is 1. The number of hydrogen-bond acceptors (Lipinski definition) is 3. The smallest absolute Gasteiger partial charge is 0.371 e. The number of rotatable bonds is 7. The molecule has 0 aliphatic heterocycles.